The minimum absolute atomic E-state index is 0.00744. The maximum Gasteiger partial charge on any atom is 0.393 e. The van der Waals surface area contributed by atoms with Crippen molar-refractivity contribution in [2.24, 2.45) is 5.92 Å². The van der Waals surface area contributed by atoms with Gasteiger partial charge in [0.1, 0.15) is 5.82 Å². The molecule has 0 bridgehead atoms. The summed E-state index contributed by atoms with van der Waals surface area (Å²) in [6.45, 7) is -0.120. The Hall–Kier alpha value is -2.26. The molecule has 1 unspecified atom stereocenters. The Balaban J connectivity index is 1.81. The second-order valence-electron chi connectivity index (χ2n) is 5.45. The minimum atomic E-state index is -4.25. The van der Waals surface area contributed by atoms with Gasteiger partial charge in [-0.05, 0) is 6.42 Å². The number of hydrogen-bond donors (Lipinski definition) is 0. The molecule has 1 aliphatic heterocycles. The second-order valence-corrected chi connectivity index (χ2v) is 5.45. The molecule has 0 saturated carbocycles. The molecule has 0 amide bonds. The van der Waals surface area contributed by atoms with Crippen molar-refractivity contribution in [3.63, 3.8) is 0 Å². The van der Waals surface area contributed by atoms with Crippen molar-refractivity contribution in [2.45, 2.75) is 32.1 Å². The zero-order valence-corrected chi connectivity index (χ0v) is 12.3. The van der Waals surface area contributed by atoms with E-state index in [1.807, 2.05) is 0 Å². The molecule has 2 aromatic rings. The van der Waals surface area contributed by atoms with Gasteiger partial charge in [0, 0.05) is 32.4 Å². The van der Waals surface area contributed by atoms with Crippen molar-refractivity contribution < 1.29 is 17.6 Å². The van der Waals surface area contributed by atoms with Gasteiger partial charge in [-0.15, -0.1) is 10.2 Å². The van der Waals surface area contributed by atoms with E-state index in [0.717, 1.165) is 0 Å². The normalized spacial score (nSPS) is 17.9. The number of anilines is 1. The number of nitrogens with zero attached hydrogens (tertiary/aromatic N) is 6. The zero-order chi connectivity index (χ0) is 16.6. The Morgan fingerprint density at radius 1 is 1.26 bits per heavy atom. The van der Waals surface area contributed by atoms with Crippen LogP contribution < -0.4 is 4.90 Å². The van der Waals surface area contributed by atoms with Crippen LogP contribution in [0.5, 0.6) is 0 Å². The maximum absolute atomic E-state index is 13.6. The van der Waals surface area contributed by atoms with Crippen LogP contribution in [0.4, 0.5) is 23.4 Å². The van der Waals surface area contributed by atoms with Crippen LogP contribution in [0.1, 0.15) is 18.1 Å². The molecule has 3 rings (SSSR count). The standard InChI is InChI=1S/C13H14F4N6/c1-22(12-11(14)18-4-5-19-12)7-10-21-20-9-3-2-8(6-23(9)10)13(15,16)17/h4-5,8H,2-3,6-7H2,1H3. The van der Waals surface area contributed by atoms with Crippen LogP contribution in [0.25, 0.3) is 0 Å². The molecule has 0 fully saturated rings. The predicted octanol–water partition coefficient (Wildman–Crippen LogP) is 1.97. The van der Waals surface area contributed by atoms with Gasteiger partial charge < -0.3 is 9.47 Å². The number of hydrogen-bond acceptors (Lipinski definition) is 5. The molecule has 1 aliphatic rings. The highest BCUT2D eigenvalue weighted by Crippen LogP contribution is 2.34. The fourth-order valence-corrected chi connectivity index (χ4v) is 2.62. The summed E-state index contributed by atoms with van der Waals surface area (Å²) >= 11 is 0. The lowest BCUT2D eigenvalue weighted by molar-refractivity contribution is -0.182. The smallest absolute Gasteiger partial charge is 0.348 e. The quantitative estimate of drug-likeness (QED) is 0.805. The van der Waals surface area contributed by atoms with Crippen molar-refractivity contribution in [2.75, 3.05) is 11.9 Å². The molecule has 0 saturated heterocycles. The van der Waals surface area contributed by atoms with Crippen LogP contribution in [0.3, 0.4) is 0 Å². The van der Waals surface area contributed by atoms with E-state index in [2.05, 4.69) is 20.2 Å². The monoisotopic (exact) mass is 330 g/mol. The molecule has 3 heterocycles. The van der Waals surface area contributed by atoms with E-state index in [0.29, 0.717) is 11.6 Å². The van der Waals surface area contributed by atoms with Gasteiger partial charge in [0.25, 0.3) is 5.95 Å². The number of alkyl halides is 3. The lowest BCUT2D eigenvalue weighted by atomic mass is 9.99. The van der Waals surface area contributed by atoms with E-state index >= 15 is 0 Å². The summed E-state index contributed by atoms with van der Waals surface area (Å²) in [5, 5.41) is 7.87. The highest BCUT2D eigenvalue weighted by atomic mass is 19.4. The van der Waals surface area contributed by atoms with Gasteiger partial charge >= 0.3 is 6.18 Å². The Labute approximate surface area is 129 Å². The molecule has 1 atom stereocenters. The van der Waals surface area contributed by atoms with E-state index in [4.69, 9.17) is 0 Å². The first-order valence-corrected chi connectivity index (χ1v) is 7.01. The maximum atomic E-state index is 13.6. The van der Waals surface area contributed by atoms with Gasteiger partial charge in [0.05, 0.1) is 12.5 Å². The van der Waals surface area contributed by atoms with E-state index in [9.17, 15) is 17.6 Å². The molecule has 124 valence electrons. The first kappa shape index (κ1) is 15.6. The molecule has 10 heteroatoms. The predicted molar refractivity (Wildman–Crippen MR) is 72.0 cm³/mol. The SMILES string of the molecule is CN(Cc1nnc2n1CC(C(F)(F)F)CC2)c1nccnc1F. The average Bonchev–Trinajstić information content (AvgIpc) is 2.89. The molecular weight excluding hydrogens is 316 g/mol. The Morgan fingerprint density at radius 3 is 2.70 bits per heavy atom. The minimum Gasteiger partial charge on any atom is -0.348 e. The second kappa shape index (κ2) is 5.74. The number of aryl methyl sites for hydroxylation is 1. The highest BCUT2D eigenvalue weighted by Gasteiger charge is 2.42. The van der Waals surface area contributed by atoms with E-state index in [-0.39, 0.29) is 31.7 Å². The Bertz CT molecular complexity index is 698. The summed E-state index contributed by atoms with van der Waals surface area (Å²) in [5.41, 5.74) is 0. The number of fused-ring (bicyclic) bond motifs is 1. The van der Waals surface area contributed by atoms with Gasteiger partial charge in [-0.3, -0.25) is 0 Å². The lowest BCUT2D eigenvalue weighted by Gasteiger charge is -2.27. The molecule has 6 nitrogen and oxygen atoms in total. The van der Waals surface area contributed by atoms with Gasteiger partial charge in [-0.2, -0.15) is 17.6 Å². The van der Waals surface area contributed by atoms with Crippen LogP contribution >= 0.6 is 0 Å². The molecule has 0 aromatic carbocycles. The van der Waals surface area contributed by atoms with Gasteiger partial charge in [0.2, 0.25) is 0 Å². The third kappa shape index (κ3) is 3.10. The fourth-order valence-electron chi connectivity index (χ4n) is 2.62. The average molecular weight is 330 g/mol. The fraction of sp³-hybridized carbons (Fsp3) is 0.538. The Morgan fingerprint density at radius 2 is 2.00 bits per heavy atom. The summed E-state index contributed by atoms with van der Waals surface area (Å²) in [5.74, 6) is -1.28. The summed E-state index contributed by atoms with van der Waals surface area (Å²) in [6, 6.07) is 0. The molecule has 0 N–H and O–H groups in total. The van der Waals surface area contributed by atoms with E-state index < -0.39 is 18.0 Å². The Kier molecular flexibility index (Phi) is 3.90. The van der Waals surface area contributed by atoms with Gasteiger partial charge in [-0.25, -0.2) is 9.97 Å². The molecule has 0 spiro atoms. The van der Waals surface area contributed by atoms with Crippen molar-refractivity contribution in [1.29, 1.82) is 0 Å². The molecule has 0 aliphatic carbocycles. The first-order valence-electron chi connectivity index (χ1n) is 7.01. The van der Waals surface area contributed by atoms with Crippen LogP contribution in [0.2, 0.25) is 0 Å². The van der Waals surface area contributed by atoms with E-state index in [1.54, 1.807) is 7.05 Å². The lowest BCUT2D eigenvalue weighted by Crippen LogP contribution is -2.33. The van der Waals surface area contributed by atoms with Crippen molar-refractivity contribution in [1.82, 2.24) is 24.7 Å². The van der Waals surface area contributed by atoms with Crippen LogP contribution in [0.15, 0.2) is 12.4 Å². The zero-order valence-electron chi connectivity index (χ0n) is 12.3. The third-order valence-electron chi connectivity index (χ3n) is 3.86. The number of aromatic nitrogens is 5. The number of rotatable bonds is 3. The molecular formula is C13H14F4N6. The van der Waals surface area contributed by atoms with E-state index in [1.165, 1.54) is 21.9 Å². The van der Waals surface area contributed by atoms with Crippen LogP contribution in [-0.4, -0.2) is 38.0 Å². The summed E-state index contributed by atoms with van der Waals surface area (Å²) in [7, 11) is 1.57. The topological polar surface area (TPSA) is 59.7 Å². The number of halogens is 4. The largest absolute Gasteiger partial charge is 0.393 e. The van der Waals surface area contributed by atoms with Crippen LogP contribution in [-0.2, 0) is 19.5 Å². The third-order valence-corrected chi connectivity index (χ3v) is 3.86. The molecule has 2 aromatic heterocycles. The summed E-state index contributed by atoms with van der Waals surface area (Å²) < 4.78 is 53.8. The van der Waals surface area contributed by atoms with Gasteiger partial charge in [0.15, 0.2) is 11.6 Å². The van der Waals surface area contributed by atoms with Crippen molar-refractivity contribution in [3.8, 4) is 0 Å². The first-order chi connectivity index (χ1) is 10.9. The summed E-state index contributed by atoms with van der Waals surface area (Å²) in [4.78, 5) is 8.82. The van der Waals surface area contributed by atoms with Gasteiger partial charge in [-0.1, -0.05) is 0 Å². The van der Waals surface area contributed by atoms with Crippen molar-refractivity contribution in [3.05, 3.63) is 30.0 Å². The van der Waals surface area contributed by atoms with Crippen molar-refractivity contribution >= 4 is 5.82 Å². The van der Waals surface area contributed by atoms with Crippen LogP contribution in [0, 0.1) is 11.9 Å². The molecule has 0 radical (unpaired) electrons. The summed E-state index contributed by atoms with van der Waals surface area (Å²) in [6.07, 6.45) is -1.45. The highest BCUT2D eigenvalue weighted by molar-refractivity contribution is 5.35. The molecule has 23 heavy (non-hydrogen) atoms.